The molecule has 0 aliphatic carbocycles. The second-order valence-corrected chi connectivity index (χ2v) is 7.29. The molecule has 0 spiro atoms. The Hall–Kier alpha value is -1.19. The molecule has 29 heavy (non-hydrogen) atoms. The summed E-state index contributed by atoms with van der Waals surface area (Å²) in [5, 5.41) is 14.0. The third kappa shape index (κ3) is 6.39. The molecular formula is C19H22BrCl2F3N2O2. The number of hydrogen-bond donors (Lipinski definition) is 2. The fourth-order valence-electron chi connectivity index (χ4n) is 3.30. The molecule has 0 unspecified atom stereocenters. The Bertz CT molecular complexity index is 801. The number of phenols is 1. The van der Waals surface area contributed by atoms with E-state index in [0.29, 0.717) is 5.56 Å². The monoisotopic (exact) mass is 516 g/mol. The molecule has 162 valence electrons. The normalized spacial score (nSPS) is 15.8. The quantitative estimate of drug-likeness (QED) is 0.585. The summed E-state index contributed by atoms with van der Waals surface area (Å²) in [6.45, 7) is 4.93. The fraction of sp³-hybridized carbons (Fsp3) is 0.368. The van der Waals surface area contributed by atoms with E-state index in [1.54, 1.807) is 12.1 Å². The minimum atomic E-state index is -4.72. The highest BCUT2D eigenvalue weighted by atomic mass is 79.9. The topological polar surface area (TPSA) is 44.7 Å². The lowest BCUT2D eigenvalue weighted by Gasteiger charge is -2.36. The number of benzene rings is 2. The van der Waals surface area contributed by atoms with Gasteiger partial charge < -0.3 is 15.2 Å². The van der Waals surface area contributed by atoms with Crippen molar-refractivity contribution in [3.8, 4) is 11.5 Å². The van der Waals surface area contributed by atoms with Crippen molar-refractivity contribution < 1.29 is 23.0 Å². The van der Waals surface area contributed by atoms with Gasteiger partial charge in [-0.2, -0.15) is 0 Å². The first kappa shape index (κ1) is 25.8. The Labute approximate surface area is 188 Å². The molecule has 1 heterocycles. The van der Waals surface area contributed by atoms with Gasteiger partial charge in [-0.3, -0.25) is 4.90 Å². The number of rotatable bonds is 4. The van der Waals surface area contributed by atoms with Crippen molar-refractivity contribution in [1.29, 1.82) is 0 Å². The van der Waals surface area contributed by atoms with E-state index in [1.807, 2.05) is 19.1 Å². The number of alkyl halides is 3. The molecule has 2 N–H and O–H groups in total. The Morgan fingerprint density at radius 2 is 1.66 bits per heavy atom. The summed E-state index contributed by atoms with van der Waals surface area (Å²) in [6.07, 6.45) is -4.72. The van der Waals surface area contributed by atoms with Gasteiger partial charge in [0.1, 0.15) is 11.5 Å². The highest BCUT2D eigenvalue weighted by Crippen LogP contribution is 2.41. The number of nitrogens with zero attached hydrogens (tertiary/aromatic N) is 1. The van der Waals surface area contributed by atoms with E-state index < -0.39 is 6.36 Å². The highest BCUT2D eigenvalue weighted by Gasteiger charge is 2.32. The Morgan fingerprint density at radius 3 is 2.21 bits per heavy atom. The molecule has 1 atom stereocenters. The molecule has 0 radical (unpaired) electrons. The first-order valence-corrected chi connectivity index (χ1v) is 9.34. The molecule has 2 aromatic rings. The number of halogens is 6. The number of phenolic OH excluding ortho intramolecular Hbond substituents is 1. The van der Waals surface area contributed by atoms with Crippen molar-refractivity contribution in [3.63, 3.8) is 0 Å². The summed E-state index contributed by atoms with van der Waals surface area (Å²) in [4.78, 5) is 2.20. The molecule has 2 aromatic carbocycles. The third-order valence-electron chi connectivity index (χ3n) is 4.59. The summed E-state index contributed by atoms with van der Waals surface area (Å²) in [5.41, 5.74) is 2.24. The van der Waals surface area contributed by atoms with Crippen molar-refractivity contribution in [2.75, 3.05) is 26.2 Å². The van der Waals surface area contributed by atoms with Gasteiger partial charge >= 0.3 is 6.36 Å². The summed E-state index contributed by atoms with van der Waals surface area (Å²) in [7, 11) is 0. The zero-order valence-corrected chi connectivity index (χ0v) is 18.7. The molecule has 10 heteroatoms. The largest absolute Gasteiger partial charge is 0.573 e. The zero-order valence-electron chi connectivity index (χ0n) is 15.5. The van der Waals surface area contributed by atoms with Crippen molar-refractivity contribution in [1.82, 2.24) is 10.2 Å². The number of ether oxygens (including phenoxy) is 1. The van der Waals surface area contributed by atoms with Crippen LogP contribution in [0.1, 0.15) is 22.7 Å². The molecule has 4 nitrogen and oxygen atoms in total. The van der Waals surface area contributed by atoms with Crippen LogP contribution in [0.5, 0.6) is 11.5 Å². The molecule has 0 bridgehead atoms. The number of aryl methyl sites for hydroxylation is 1. The SMILES string of the molecule is Cc1ccc(Br)c([C@H](c2ccc(OC(F)(F)F)cc2)N2CCNCC2)c1O.Cl.Cl. The van der Waals surface area contributed by atoms with E-state index in [2.05, 4.69) is 30.9 Å². The summed E-state index contributed by atoms with van der Waals surface area (Å²) in [6, 6.07) is 9.24. The van der Waals surface area contributed by atoms with Crippen LogP contribution in [0.3, 0.4) is 0 Å². The molecule has 3 rings (SSSR count). The van der Waals surface area contributed by atoms with Gasteiger partial charge in [-0.25, -0.2) is 0 Å². The zero-order chi connectivity index (χ0) is 19.6. The number of aromatic hydroxyl groups is 1. The minimum Gasteiger partial charge on any atom is -0.507 e. The van der Waals surface area contributed by atoms with E-state index in [1.165, 1.54) is 12.1 Å². The van der Waals surface area contributed by atoms with Crippen molar-refractivity contribution in [3.05, 3.63) is 57.6 Å². The second kappa shape index (κ2) is 10.7. The van der Waals surface area contributed by atoms with Gasteiger partial charge in [-0.15, -0.1) is 38.0 Å². The van der Waals surface area contributed by atoms with Gasteiger partial charge in [-0.05, 0) is 36.2 Å². The molecule has 0 saturated carbocycles. The van der Waals surface area contributed by atoms with Gasteiger partial charge in [0.2, 0.25) is 0 Å². The van der Waals surface area contributed by atoms with E-state index in [9.17, 15) is 18.3 Å². The molecule has 1 aliphatic heterocycles. The van der Waals surface area contributed by atoms with Gasteiger partial charge in [0, 0.05) is 36.2 Å². The van der Waals surface area contributed by atoms with E-state index in [-0.39, 0.29) is 42.4 Å². The second-order valence-electron chi connectivity index (χ2n) is 6.43. The third-order valence-corrected chi connectivity index (χ3v) is 5.28. The lowest BCUT2D eigenvalue weighted by Crippen LogP contribution is -2.45. The fourth-order valence-corrected chi connectivity index (χ4v) is 3.84. The smallest absolute Gasteiger partial charge is 0.507 e. The summed E-state index contributed by atoms with van der Waals surface area (Å²) >= 11 is 3.52. The summed E-state index contributed by atoms with van der Waals surface area (Å²) in [5.74, 6) is -0.0821. The van der Waals surface area contributed by atoms with Crippen LogP contribution in [-0.2, 0) is 0 Å². The standard InChI is InChI=1S/C19H20BrF3N2O2.2ClH/c1-12-2-7-15(20)16(18(12)26)17(25-10-8-24-9-11-25)13-3-5-14(6-4-13)27-19(21,22)23;;/h2-7,17,24,26H,8-11H2,1H3;2*1H/t17-;;/m0../s1. The predicted octanol–water partition coefficient (Wildman–Crippen LogP) is 5.20. The van der Waals surface area contributed by atoms with E-state index >= 15 is 0 Å². The van der Waals surface area contributed by atoms with Gasteiger partial charge in [0.05, 0.1) is 6.04 Å². The van der Waals surface area contributed by atoms with Crippen molar-refractivity contribution >= 4 is 40.7 Å². The number of piperazine rings is 1. The van der Waals surface area contributed by atoms with Crippen LogP contribution in [0.25, 0.3) is 0 Å². The van der Waals surface area contributed by atoms with Crippen LogP contribution >= 0.6 is 40.7 Å². The first-order valence-electron chi connectivity index (χ1n) is 8.54. The number of hydrogen-bond acceptors (Lipinski definition) is 4. The predicted molar refractivity (Wildman–Crippen MR) is 114 cm³/mol. The first-order chi connectivity index (χ1) is 12.8. The van der Waals surface area contributed by atoms with Crippen LogP contribution in [0.4, 0.5) is 13.2 Å². The summed E-state index contributed by atoms with van der Waals surface area (Å²) < 4.78 is 42.0. The van der Waals surface area contributed by atoms with Crippen LogP contribution < -0.4 is 10.1 Å². The minimum absolute atomic E-state index is 0. The Kier molecular flexibility index (Phi) is 9.56. The van der Waals surface area contributed by atoms with Crippen LogP contribution in [0.2, 0.25) is 0 Å². The molecule has 1 aliphatic rings. The number of nitrogens with one attached hydrogen (secondary N) is 1. The molecule has 1 fully saturated rings. The van der Waals surface area contributed by atoms with Crippen molar-refractivity contribution in [2.24, 2.45) is 0 Å². The van der Waals surface area contributed by atoms with Crippen LogP contribution in [0.15, 0.2) is 40.9 Å². The Morgan fingerprint density at radius 1 is 1.07 bits per heavy atom. The maximum absolute atomic E-state index is 12.4. The average Bonchev–Trinajstić information content (AvgIpc) is 2.62. The van der Waals surface area contributed by atoms with E-state index in [4.69, 9.17) is 0 Å². The molecule has 0 aromatic heterocycles. The van der Waals surface area contributed by atoms with Gasteiger partial charge in [-0.1, -0.05) is 34.1 Å². The van der Waals surface area contributed by atoms with Gasteiger partial charge in [0.15, 0.2) is 0 Å². The molecular weight excluding hydrogens is 496 g/mol. The van der Waals surface area contributed by atoms with Crippen LogP contribution in [0, 0.1) is 6.92 Å². The highest BCUT2D eigenvalue weighted by molar-refractivity contribution is 9.10. The maximum Gasteiger partial charge on any atom is 0.573 e. The van der Waals surface area contributed by atoms with Gasteiger partial charge in [0.25, 0.3) is 0 Å². The van der Waals surface area contributed by atoms with Crippen molar-refractivity contribution in [2.45, 2.75) is 19.3 Å². The molecule has 0 amide bonds. The maximum atomic E-state index is 12.4. The Balaban J connectivity index is 0.00000210. The lowest BCUT2D eigenvalue weighted by atomic mass is 9.94. The molecule has 1 saturated heterocycles. The van der Waals surface area contributed by atoms with Crippen LogP contribution in [-0.4, -0.2) is 42.5 Å². The average molecular weight is 518 g/mol. The lowest BCUT2D eigenvalue weighted by molar-refractivity contribution is -0.274. The van der Waals surface area contributed by atoms with E-state index in [0.717, 1.165) is 41.8 Å².